The summed E-state index contributed by atoms with van der Waals surface area (Å²) in [4.78, 5) is 0. The Morgan fingerprint density at radius 3 is 2.33 bits per heavy atom. The van der Waals surface area contributed by atoms with Crippen molar-refractivity contribution in [2.24, 2.45) is 11.8 Å². The molecule has 2 rings (SSSR count). The van der Waals surface area contributed by atoms with Gasteiger partial charge in [0.25, 0.3) is 0 Å². The third kappa shape index (κ3) is 3.96. The van der Waals surface area contributed by atoms with E-state index in [1.807, 2.05) is 6.92 Å². The van der Waals surface area contributed by atoms with Crippen LogP contribution in [-0.4, -0.2) is 13.7 Å². The summed E-state index contributed by atoms with van der Waals surface area (Å²) in [5, 5.41) is 0. The zero-order valence-corrected chi connectivity index (χ0v) is 12.6. The molecule has 1 fully saturated rings. The van der Waals surface area contributed by atoms with Gasteiger partial charge in [0.05, 0.1) is 13.7 Å². The standard InChI is InChI=1S/C17H22F2O2/c1-3-4-12-5-7-13(8-6-12)11-21-15-10-9-14(20-2)16(18)17(15)19/h3-4,9-10,12-13H,5-8,11H2,1-2H3. The molecule has 0 unspecified atom stereocenters. The molecule has 0 atom stereocenters. The molecule has 0 spiro atoms. The molecule has 0 saturated heterocycles. The Bertz CT molecular complexity index is 492. The molecule has 0 heterocycles. The fourth-order valence-electron chi connectivity index (χ4n) is 2.81. The van der Waals surface area contributed by atoms with Crippen LogP contribution in [0, 0.1) is 23.5 Å². The molecule has 116 valence electrons. The number of methoxy groups -OCH3 is 1. The van der Waals surface area contributed by atoms with Crippen LogP contribution in [0.15, 0.2) is 24.3 Å². The van der Waals surface area contributed by atoms with Crippen molar-refractivity contribution < 1.29 is 18.3 Å². The first-order valence-corrected chi connectivity index (χ1v) is 7.43. The number of hydrogen-bond donors (Lipinski definition) is 0. The first-order chi connectivity index (χ1) is 10.2. The van der Waals surface area contributed by atoms with Crippen molar-refractivity contribution in [3.63, 3.8) is 0 Å². The van der Waals surface area contributed by atoms with Gasteiger partial charge in [0, 0.05) is 0 Å². The number of ether oxygens (including phenoxy) is 2. The van der Waals surface area contributed by atoms with E-state index in [2.05, 4.69) is 12.2 Å². The Labute approximate surface area is 124 Å². The predicted octanol–water partition coefficient (Wildman–Crippen LogP) is 4.73. The first-order valence-electron chi connectivity index (χ1n) is 7.43. The molecule has 0 amide bonds. The van der Waals surface area contributed by atoms with E-state index in [1.54, 1.807) is 0 Å². The van der Waals surface area contributed by atoms with Gasteiger partial charge in [0.15, 0.2) is 11.5 Å². The number of benzene rings is 1. The number of allylic oxidation sites excluding steroid dienone is 2. The van der Waals surface area contributed by atoms with Gasteiger partial charge >= 0.3 is 0 Å². The molecule has 0 aromatic heterocycles. The molecule has 21 heavy (non-hydrogen) atoms. The molecule has 0 aliphatic heterocycles. The van der Waals surface area contributed by atoms with E-state index in [0.29, 0.717) is 18.4 Å². The van der Waals surface area contributed by atoms with Crippen LogP contribution in [0.2, 0.25) is 0 Å². The summed E-state index contributed by atoms with van der Waals surface area (Å²) in [7, 11) is 1.31. The second-order valence-electron chi connectivity index (χ2n) is 5.51. The van der Waals surface area contributed by atoms with Crippen LogP contribution < -0.4 is 9.47 Å². The smallest absolute Gasteiger partial charge is 0.204 e. The molecule has 2 nitrogen and oxygen atoms in total. The number of hydrogen-bond acceptors (Lipinski definition) is 2. The Hall–Kier alpha value is -1.58. The Morgan fingerprint density at radius 2 is 1.71 bits per heavy atom. The van der Waals surface area contributed by atoms with Gasteiger partial charge in [0.1, 0.15) is 0 Å². The van der Waals surface area contributed by atoms with E-state index in [4.69, 9.17) is 9.47 Å². The summed E-state index contributed by atoms with van der Waals surface area (Å²) in [6.07, 6.45) is 8.74. The van der Waals surface area contributed by atoms with E-state index in [0.717, 1.165) is 25.7 Å². The molecule has 1 aromatic carbocycles. The van der Waals surface area contributed by atoms with Crippen LogP contribution >= 0.6 is 0 Å². The zero-order chi connectivity index (χ0) is 15.2. The molecule has 1 saturated carbocycles. The van der Waals surface area contributed by atoms with Gasteiger partial charge in [-0.15, -0.1) is 0 Å². The molecule has 0 N–H and O–H groups in total. The number of rotatable bonds is 5. The van der Waals surface area contributed by atoms with Crippen molar-refractivity contribution >= 4 is 0 Å². The average molecular weight is 296 g/mol. The Morgan fingerprint density at radius 1 is 1.10 bits per heavy atom. The summed E-state index contributed by atoms with van der Waals surface area (Å²) in [6.45, 7) is 2.47. The van der Waals surface area contributed by atoms with Crippen molar-refractivity contribution in [2.45, 2.75) is 32.6 Å². The lowest BCUT2D eigenvalue weighted by atomic mass is 9.82. The lowest BCUT2D eigenvalue weighted by molar-refractivity contribution is 0.187. The van der Waals surface area contributed by atoms with Gasteiger partial charge in [0.2, 0.25) is 11.6 Å². The molecule has 0 bridgehead atoms. The molecule has 4 heteroatoms. The zero-order valence-electron chi connectivity index (χ0n) is 12.6. The van der Waals surface area contributed by atoms with Gasteiger partial charge in [-0.25, -0.2) is 0 Å². The van der Waals surface area contributed by atoms with E-state index in [-0.39, 0.29) is 11.5 Å². The fourth-order valence-corrected chi connectivity index (χ4v) is 2.81. The third-order valence-corrected chi connectivity index (χ3v) is 4.06. The molecule has 0 radical (unpaired) electrons. The molecule has 1 aliphatic carbocycles. The highest BCUT2D eigenvalue weighted by Gasteiger charge is 2.21. The summed E-state index contributed by atoms with van der Waals surface area (Å²) in [5.41, 5.74) is 0. The van der Waals surface area contributed by atoms with Crippen LogP contribution in [0.3, 0.4) is 0 Å². The second kappa shape index (κ2) is 7.43. The van der Waals surface area contributed by atoms with Crippen LogP contribution in [0.25, 0.3) is 0 Å². The number of halogens is 2. The lowest BCUT2D eigenvalue weighted by Gasteiger charge is -2.26. The molecular formula is C17H22F2O2. The quantitative estimate of drug-likeness (QED) is 0.731. The maximum absolute atomic E-state index is 13.8. The SMILES string of the molecule is CC=CC1CCC(COc2ccc(OC)c(F)c2F)CC1. The minimum atomic E-state index is -0.994. The highest BCUT2D eigenvalue weighted by molar-refractivity contribution is 5.34. The predicted molar refractivity (Wildman–Crippen MR) is 78.7 cm³/mol. The van der Waals surface area contributed by atoms with Gasteiger partial charge < -0.3 is 9.47 Å². The van der Waals surface area contributed by atoms with E-state index >= 15 is 0 Å². The van der Waals surface area contributed by atoms with E-state index < -0.39 is 11.6 Å². The second-order valence-corrected chi connectivity index (χ2v) is 5.51. The Balaban J connectivity index is 1.88. The van der Waals surface area contributed by atoms with Crippen LogP contribution in [0.4, 0.5) is 8.78 Å². The lowest BCUT2D eigenvalue weighted by Crippen LogP contribution is -2.19. The van der Waals surface area contributed by atoms with Gasteiger partial charge in [-0.1, -0.05) is 12.2 Å². The summed E-state index contributed by atoms with van der Waals surface area (Å²) in [6, 6.07) is 2.80. The third-order valence-electron chi connectivity index (χ3n) is 4.06. The van der Waals surface area contributed by atoms with Crippen molar-refractivity contribution in [3.05, 3.63) is 35.9 Å². The van der Waals surface area contributed by atoms with Crippen LogP contribution in [0.1, 0.15) is 32.6 Å². The fraction of sp³-hybridized carbons (Fsp3) is 0.529. The van der Waals surface area contributed by atoms with Gasteiger partial charge in [-0.3, -0.25) is 0 Å². The van der Waals surface area contributed by atoms with E-state index in [9.17, 15) is 8.78 Å². The minimum absolute atomic E-state index is 0.0381. The first kappa shape index (κ1) is 15.8. The molecular weight excluding hydrogens is 274 g/mol. The van der Waals surface area contributed by atoms with Crippen LogP contribution in [-0.2, 0) is 0 Å². The van der Waals surface area contributed by atoms with Crippen molar-refractivity contribution in [2.75, 3.05) is 13.7 Å². The highest BCUT2D eigenvalue weighted by atomic mass is 19.2. The maximum Gasteiger partial charge on any atom is 0.204 e. The van der Waals surface area contributed by atoms with E-state index in [1.165, 1.54) is 19.2 Å². The van der Waals surface area contributed by atoms with Crippen molar-refractivity contribution in [1.29, 1.82) is 0 Å². The monoisotopic (exact) mass is 296 g/mol. The topological polar surface area (TPSA) is 18.5 Å². The van der Waals surface area contributed by atoms with Crippen LogP contribution in [0.5, 0.6) is 11.5 Å². The summed E-state index contributed by atoms with van der Waals surface area (Å²) in [5.74, 6) is -1.04. The Kier molecular flexibility index (Phi) is 5.59. The highest BCUT2D eigenvalue weighted by Crippen LogP contribution is 2.32. The molecule has 1 aliphatic rings. The maximum atomic E-state index is 13.8. The minimum Gasteiger partial charge on any atom is -0.494 e. The van der Waals surface area contributed by atoms with Crippen molar-refractivity contribution in [1.82, 2.24) is 0 Å². The molecule has 1 aromatic rings. The summed E-state index contributed by atoms with van der Waals surface area (Å²) >= 11 is 0. The van der Waals surface area contributed by atoms with Gasteiger partial charge in [-0.05, 0) is 56.6 Å². The average Bonchev–Trinajstić information content (AvgIpc) is 2.50. The van der Waals surface area contributed by atoms with Gasteiger partial charge in [-0.2, -0.15) is 8.78 Å². The summed E-state index contributed by atoms with van der Waals surface area (Å²) < 4.78 is 37.5. The normalized spacial score (nSPS) is 22.5. The van der Waals surface area contributed by atoms with Crippen molar-refractivity contribution in [3.8, 4) is 11.5 Å². The largest absolute Gasteiger partial charge is 0.494 e.